The normalized spacial score (nSPS) is 11.6. The predicted octanol–water partition coefficient (Wildman–Crippen LogP) is 4.52. The van der Waals surface area contributed by atoms with Crippen molar-refractivity contribution < 1.29 is 14.0 Å². The van der Waals surface area contributed by atoms with Gasteiger partial charge in [-0.05, 0) is 41.0 Å². The van der Waals surface area contributed by atoms with Crippen molar-refractivity contribution in [1.82, 2.24) is 10.2 Å². The molecular formula is C25H24BrFN2O2. The molecule has 0 aliphatic rings. The van der Waals surface area contributed by atoms with Crippen molar-refractivity contribution in [2.75, 3.05) is 7.05 Å². The second-order valence-electron chi connectivity index (χ2n) is 7.27. The SMILES string of the molecule is CNC(=O)[C@@H](Cc1ccccc1)N(Cc1ccc(Br)cc1)C(=O)Cc1ccc(F)cc1. The minimum Gasteiger partial charge on any atom is -0.357 e. The summed E-state index contributed by atoms with van der Waals surface area (Å²) in [6.45, 7) is 0.290. The monoisotopic (exact) mass is 482 g/mol. The maximum absolute atomic E-state index is 13.4. The van der Waals surface area contributed by atoms with Crippen molar-refractivity contribution in [2.45, 2.75) is 25.4 Å². The third-order valence-electron chi connectivity index (χ3n) is 5.05. The minimum absolute atomic E-state index is 0.0824. The topological polar surface area (TPSA) is 49.4 Å². The Morgan fingerprint density at radius 1 is 0.903 bits per heavy atom. The molecule has 1 atom stereocenters. The molecule has 0 heterocycles. The highest BCUT2D eigenvalue weighted by Gasteiger charge is 2.29. The number of benzene rings is 3. The first-order chi connectivity index (χ1) is 15.0. The van der Waals surface area contributed by atoms with Gasteiger partial charge in [-0.15, -0.1) is 0 Å². The number of nitrogens with zero attached hydrogens (tertiary/aromatic N) is 1. The van der Waals surface area contributed by atoms with Crippen molar-refractivity contribution in [1.29, 1.82) is 0 Å². The molecule has 3 aromatic rings. The Morgan fingerprint density at radius 2 is 1.52 bits per heavy atom. The van der Waals surface area contributed by atoms with Gasteiger partial charge >= 0.3 is 0 Å². The molecule has 31 heavy (non-hydrogen) atoms. The Balaban J connectivity index is 1.92. The Kier molecular flexibility index (Phi) is 7.95. The van der Waals surface area contributed by atoms with Gasteiger partial charge in [0.15, 0.2) is 0 Å². The summed E-state index contributed by atoms with van der Waals surface area (Å²) in [6.07, 6.45) is 0.477. The van der Waals surface area contributed by atoms with Gasteiger partial charge in [0.1, 0.15) is 11.9 Å². The van der Waals surface area contributed by atoms with Crippen LogP contribution in [-0.4, -0.2) is 29.8 Å². The molecule has 6 heteroatoms. The molecule has 1 N–H and O–H groups in total. The number of hydrogen-bond donors (Lipinski definition) is 1. The van der Waals surface area contributed by atoms with Gasteiger partial charge in [-0.25, -0.2) is 4.39 Å². The van der Waals surface area contributed by atoms with Crippen LogP contribution in [0, 0.1) is 5.82 Å². The van der Waals surface area contributed by atoms with E-state index in [0.29, 0.717) is 12.0 Å². The summed E-state index contributed by atoms with van der Waals surface area (Å²) in [7, 11) is 1.57. The predicted molar refractivity (Wildman–Crippen MR) is 123 cm³/mol. The number of carbonyl (C=O) groups is 2. The molecule has 0 unspecified atom stereocenters. The van der Waals surface area contributed by atoms with E-state index in [1.165, 1.54) is 12.1 Å². The van der Waals surface area contributed by atoms with Gasteiger partial charge < -0.3 is 10.2 Å². The lowest BCUT2D eigenvalue weighted by Crippen LogP contribution is -2.50. The van der Waals surface area contributed by atoms with Gasteiger partial charge in [-0.2, -0.15) is 0 Å². The van der Waals surface area contributed by atoms with Gasteiger partial charge in [0.25, 0.3) is 0 Å². The van der Waals surface area contributed by atoms with E-state index in [-0.39, 0.29) is 30.6 Å². The van der Waals surface area contributed by atoms with E-state index in [4.69, 9.17) is 0 Å². The number of carbonyl (C=O) groups excluding carboxylic acids is 2. The number of amides is 2. The van der Waals surface area contributed by atoms with E-state index in [2.05, 4.69) is 21.2 Å². The van der Waals surface area contributed by atoms with Crippen molar-refractivity contribution in [3.8, 4) is 0 Å². The fraction of sp³-hybridized carbons (Fsp3) is 0.200. The van der Waals surface area contributed by atoms with Gasteiger partial charge in [-0.1, -0.05) is 70.5 Å². The lowest BCUT2D eigenvalue weighted by Gasteiger charge is -2.31. The smallest absolute Gasteiger partial charge is 0.242 e. The van der Waals surface area contributed by atoms with Gasteiger partial charge in [-0.3, -0.25) is 9.59 Å². The molecule has 2 amide bonds. The first kappa shape index (κ1) is 22.7. The zero-order valence-electron chi connectivity index (χ0n) is 17.2. The molecule has 0 bridgehead atoms. The molecule has 4 nitrogen and oxygen atoms in total. The largest absolute Gasteiger partial charge is 0.357 e. The van der Waals surface area contributed by atoms with Crippen molar-refractivity contribution in [3.05, 3.63) is 106 Å². The molecule has 0 spiro atoms. The zero-order valence-corrected chi connectivity index (χ0v) is 18.8. The molecule has 0 aliphatic carbocycles. The number of nitrogens with one attached hydrogen (secondary N) is 1. The second kappa shape index (κ2) is 10.9. The summed E-state index contributed by atoms with van der Waals surface area (Å²) in [5.41, 5.74) is 2.58. The summed E-state index contributed by atoms with van der Waals surface area (Å²) >= 11 is 3.42. The third kappa shape index (κ3) is 6.49. The minimum atomic E-state index is -0.677. The number of hydrogen-bond acceptors (Lipinski definition) is 2. The molecule has 0 saturated carbocycles. The molecule has 0 aliphatic heterocycles. The van der Waals surface area contributed by atoms with Crippen molar-refractivity contribution >= 4 is 27.7 Å². The molecule has 160 valence electrons. The molecule has 0 aromatic heterocycles. The van der Waals surface area contributed by atoms with Gasteiger partial charge in [0.05, 0.1) is 6.42 Å². The first-order valence-electron chi connectivity index (χ1n) is 10.00. The summed E-state index contributed by atoms with van der Waals surface area (Å²) in [5.74, 6) is -0.775. The lowest BCUT2D eigenvalue weighted by molar-refractivity contribution is -0.140. The van der Waals surface area contributed by atoms with E-state index in [9.17, 15) is 14.0 Å². The van der Waals surface area contributed by atoms with Crippen LogP contribution in [0.3, 0.4) is 0 Å². The van der Waals surface area contributed by atoms with Crippen LogP contribution in [0.15, 0.2) is 83.3 Å². The van der Waals surface area contributed by atoms with Crippen LogP contribution in [0.25, 0.3) is 0 Å². The van der Waals surface area contributed by atoms with E-state index < -0.39 is 6.04 Å². The highest BCUT2D eigenvalue weighted by molar-refractivity contribution is 9.10. The average Bonchev–Trinajstić information content (AvgIpc) is 2.79. The maximum atomic E-state index is 13.4. The Labute approximate surface area is 190 Å². The van der Waals surface area contributed by atoms with Crippen molar-refractivity contribution in [2.24, 2.45) is 0 Å². The summed E-state index contributed by atoms with van der Waals surface area (Å²) < 4.78 is 14.2. The van der Waals surface area contributed by atoms with Crippen LogP contribution in [0.2, 0.25) is 0 Å². The van der Waals surface area contributed by atoms with E-state index >= 15 is 0 Å². The molecule has 3 aromatic carbocycles. The maximum Gasteiger partial charge on any atom is 0.242 e. The van der Waals surface area contributed by atoms with E-state index in [1.807, 2.05) is 54.6 Å². The van der Waals surface area contributed by atoms with Crippen LogP contribution in [0.4, 0.5) is 4.39 Å². The molecule has 3 rings (SSSR count). The van der Waals surface area contributed by atoms with E-state index in [1.54, 1.807) is 24.1 Å². The molecule has 0 saturated heterocycles. The van der Waals surface area contributed by atoms with Gasteiger partial charge in [0, 0.05) is 24.5 Å². The van der Waals surface area contributed by atoms with Crippen LogP contribution < -0.4 is 5.32 Å². The molecule has 0 fully saturated rings. The highest BCUT2D eigenvalue weighted by Crippen LogP contribution is 2.18. The third-order valence-corrected chi connectivity index (χ3v) is 5.58. The zero-order chi connectivity index (χ0) is 22.2. The second-order valence-corrected chi connectivity index (χ2v) is 8.19. The number of likely N-dealkylation sites (N-methyl/N-ethyl adjacent to an activating group) is 1. The number of halogens is 2. The number of rotatable bonds is 8. The summed E-state index contributed by atoms with van der Waals surface area (Å²) in [4.78, 5) is 27.8. The van der Waals surface area contributed by atoms with Crippen molar-refractivity contribution in [3.63, 3.8) is 0 Å². The standard InChI is InChI=1S/C25H24BrFN2O2/c1-28-25(31)23(15-18-5-3-2-4-6-18)29(17-20-7-11-21(26)12-8-20)24(30)16-19-9-13-22(27)14-10-19/h2-14,23H,15-17H2,1H3,(H,28,31)/t23-/m1/s1. The van der Waals surface area contributed by atoms with Crippen LogP contribution in [0.1, 0.15) is 16.7 Å². The average molecular weight is 483 g/mol. The Morgan fingerprint density at radius 3 is 2.13 bits per heavy atom. The quantitative estimate of drug-likeness (QED) is 0.513. The lowest BCUT2D eigenvalue weighted by atomic mass is 10.0. The fourth-order valence-electron chi connectivity index (χ4n) is 3.39. The highest BCUT2D eigenvalue weighted by atomic mass is 79.9. The van der Waals surface area contributed by atoms with E-state index in [0.717, 1.165) is 15.6 Å². The molecular weight excluding hydrogens is 459 g/mol. The first-order valence-corrected chi connectivity index (χ1v) is 10.8. The Hall–Kier alpha value is -2.99. The fourth-order valence-corrected chi connectivity index (χ4v) is 3.65. The van der Waals surface area contributed by atoms with Gasteiger partial charge in [0.2, 0.25) is 11.8 Å². The van der Waals surface area contributed by atoms with Crippen LogP contribution in [-0.2, 0) is 29.0 Å². The summed E-state index contributed by atoms with van der Waals surface area (Å²) in [6, 6.07) is 22.5. The summed E-state index contributed by atoms with van der Waals surface area (Å²) in [5, 5.41) is 2.70. The molecule has 0 radical (unpaired) electrons. The van der Waals surface area contributed by atoms with Crippen LogP contribution in [0.5, 0.6) is 0 Å². The van der Waals surface area contributed by atoms with Crippen LogP contribution >= 0.6 is 15.9 Å². The Bertz CT molecular complexity index is 1010.